The second kappa shape index (κ2) is 11.6. The third-order valence-electron chi connectivity index (χ3n) is 5.96. The molecule has 1 amide bonds. The number of nitrogens with one attached hydrogen (secondary N) is 2. The number of nitrogens with zero attached hydrogens (tertiary/aromatic N) is 2. The van der Waals surface area contributed by atoms with Crippen LogP contribution in [0.1, 0.15) is 12.0 Å². The minimum Gasteiger partial charge on any atom is -0.437 e. The number of benzene rings is 3. The Morgan fingerprint density at radius 2 is 1.92 bits per heavy atom. The first-order valence-corrected chi connectivity index (χ1v) is 13.0. The number of hydrazone groups is 1. The number of carbonyl (C=O) groups is 1. The van der Waals surface area contributed by atoms with Gasteiger partial charge in [-0.1, -0.05) is 36.4 Å². The summed E-state index contributed by atoms with van der Waals surface area (Å²) < 4.78 is 55.7. The fraction of sp³-hybridized carbons (Fsp3) is 0.231. The molecule has 0 bridgehead atoms. The van der Waals surface area contributed by atoms with E-state index in [9.17, 15) is 23.0 Å². The van der Waals surface area contributed by atoms with Crippen molar-refractivity contribution in [3.05, 3.63) is 78.1 Å². The van der Waals surface area contributed by atoms with Crippen molar-refractivity contribution in [3.63, 3.8) is 0 Å². The molecule has 12 heteroatoms. The highest BCUT2D eigenvalue weighted by atomic mass is 32.2. The Kier molecular flexibility index (Phi) is 8.44. The predicted molar refractivity (Wildman–Crippen MR) is 144 cm³/mol. The van der Waals surface area contributed by atoms with Gasteiger partial charge in [-0.2, -0.15) is 18.3 Å². The zero-order valence-corrected chi connectivity index (χ0v) is 21.4. The maximum absolute atomic E-state index is 15.0. The SMILES string of the molecule is CSc1ccccc1-c1ccc(NC(=O)C2CC(C(F)(F)F)=NN2c2cccc(CNB(C)O)c2)c(F)c1. The van der Waals surface area contributed by atoms with Gasteiger partial charge in [0.25, 0.3) is 0 Å². The van der Waals surface area contributed by atoms with Gasteiger partial charge in [-0.3, -0.25) is 9.80 Å². The summed E-state index contributed by atoms with van der Waals surface area (Å²) >= 11 is 1.51. The maximum Gasteiger partial charge on any atom is 0.431 e. The van der Waals surface area contributed by atoms with Crippen LogP contribution in [-0.2, 0) is 11.3 Å². The van der Waals surface area contributed by atoms with E-state index in [1.54, 1.807) is 24.3 Å². The summed E-state index contributed by atoms with van der Waals surface area (Å²) in [5.41, 5.74) is 1.12. The molecule has 0 saturated heterocycles. The van der Waals surface area contributed by atoms with E-state index in [1.165, 1.54) is 36.8 Å². The van der Waals surface area contributed by atoms with Crippen molar-refractivity contribution in [1.82, 2.24) is 5.23 Å². The number of hydrogen-bond acceptors (Lipinski definition) is 6. The van der Waals surface area contributed by atoms with Gasteiger partial charge in [-0.15, -0.1) is 11.8 Å². The molecule has 1 atom stereocenters. The van der Waals surface area contributed by atoms with Crippen molar-refractivity contribution in [2.45, 2.75) is 36.9 Å². The van der Waals surface area contributed by atoms with E-state index in [4.69, 9.17) is 0 Å². The van der Waals surface area contributed by atoms with Gasteiger partial charge in [-0.25, -0.2) is 4.39 Å². The van der Waals surface area contributed by atoms with Crippen LogP contribution in [0.2, 0.25) is 6.82 Å². The van der Waals surface area contributed by atoms with Gasteiger partial charge in [0.05, 0.1) is 11.4 Å². The average Bonchev–Trinajstić information content (AvgIpc) is 3.35. The van der Waals surface area contributed by atoms with Crippen LogP contribution in [0.25, 0.3) is 11.1 Å². The van der Waals surface area contributed by atoms with Gasteiger partial charge in [0, 0.05) is 17.9 Å². The molecule has 0 aliphatic carbocycles. The minimum absolute atomic E-state index is 0.143. The van der Waals surface area contributed by atoms with E-state index in [2.05, 4.69) is 15.6 Å². The molecule has 3 N–H and O–H groups in total. The second-order valence-electron chi connectivity index (χ2n) is 8.72. The molecule has 0 fully saturated rings. The normalized spacial score (nSPS) is 15.4. The largest absolute Gasteiger partial charge is 0.437 e. The lowest BCUT2D eigenvalue weighted by molar-refractivity contribution is -0.117. The Morgan fingerprint density at radius 3 is 2.61 bits per heavy atom. The van der Waals surface area contributed by atoms with Crippen molar-refractivity contribution in [2.75, 3.05) is 16.6 Å². The number of halogens is 4. The molecular weight excluding hydrogens is 519 g/mol. The zero-order valence-electron chi connectivity index (χ0n) is 20.6. The topological polar surface area (TPSA) is 77.0 Å². The van der Waals surface area contributed by atoms with Crippen molar-refractivity contribution < 1.29 is 27.4 Å². The highest BCUT2D eigenvalue weighted by Gasteiger charge is 2.45. The Bertz CT molecular complexity index is 1350. The Balaban J connectivity index is 1.58. The summed E-state index contributed by atoms with van der Waals surface area (Å²) in [6.45, 7) is 1.79. The Morgan fingerprint density at radius 1 is 1.16 bits per heavy atom. The molecule has 198 valence electrons. The van der Waals surface area contributed by atoms with Gasteiger partial charge in [-0.05, 0) is 60.1 Å². The molecule has 1 unspecified atom stereocenters. The van der Waals surface area contributed by atoms with Crippen LogP contribution in [0, 0.1) is 5.82 Å². The third-order valence-corrected chi connectivity index (χ3v) is 6.76. The fourth-order valence-electron chi connectivity index (χ4n) is 4.08. The lowest BCUT2D eigenvalue weighted by Gasteiger charge is -2.23. The third kappa shape index (κ3) is 6.37. The van der Waals surface area contributed by atoms with E-state index < -0.39 is 43.1 Å². The van der Waals surface area contributed by atoms with Crippen LogP contribution < -0.4 is 15.6 Å². The van der Waals surface area contributed by atoms with E-state index in [0.29, 0.717) is 11.1 Å². The van der Waals surface area contributed by atoms with Crippen molar-refractivity contribution in [1.29, 1.82) is 0 Å². The maximum atomic E-state index is 15.0. The molecule has 6 nitrogen and oxygen atoms in total. The molecule has 1 aliphatic rings. The first kappa shape index (κ1) is 27.7. The average molecular weight is 544 g/mol. The smallest absolute Gasteiger partial charge is 0.431 e. The molecule has 0 spiro atoms. The lowest BCUT2D eigenvalue weighted by Crippen LogP contribution is -2.39. The summed E-state index contributed by atoms with van der Waals surface area (Å²) in [6, 6.07) is 16.9. The van der Waals surface area contributed by atoms with Crippen molar-refractivity contribution >= 4 is 41.8 Å². The predicted octanol–water partition coefficient (Wildman–Crippen LogP) is 5.55. The molecule has 3 aromatic rings. The number of carbonyl (C=O) groups excluding carboxylic acids is 1. The van der Waals surface area contributed by atoms with Gasteiger partial charge in [0.2, 0.25) is 5.91 Å². The molecule has 38 heavy (non-hydrogen) atoms. The molecule has 0 aromatic heterocycles. The van der Waals surface area contributed by atoms with Gasteiger partial charge >= 0.3 is 13.2 Å². The first-order valence-electron chi connectivity index (χ1n) is 11.7. The number of anilines is 2. The lowest BCUT2D eigenvalue weighted by atomic mass is 9.88. The van der Waals surface area contributed by atoms with Crippen LogP contribution in [0.3, 0.4) is 0 Å². The monoisotopic (exact) mass is 544 g/mol. The fourth-order valence-corrected chi connectivity index (χ4v) is 4.70. The van der Waals surface area contributed by atoms with Gasteiger partial charge < -0.3 is 15.6 Å². The molecule has 1 aliphatic heterocycles. The minimum atomic E-state index is -4.73. The standard InChI is InChI=1S/C26H25BF4N4O2S/c1-27(37)32-15-16-6-5-7-18(12-16)35-22(14-24(34-35)26(29,30)31)25(36)33-21-11-10-17(13-20(21)28)19-8-3-4-9-23(19)38-2/h3-13,22,32,37H,14-15H2,1-2H3,(H,33,36). The van der Waals surface area contributed by atoms with Crippen molar-refractivity contribution in [2.24, 2.45) is 5.10 Å². The van der Waals surface area contributed by atoms with Crippen LogP contribution in [-0.4, -0.2) is 42.2 Å². The molecule has 0 radical (unpaired) electrons. The zero-order chi connectivity index (χ0) is 27.4. The van der Waals surface area contributed by atoms with E-state index in [0.717, 1.165) is 15.5 Å². The molecule has 3 aromatic carbocycles. The number of amides is 1. The van der Waals surface area contributed by atoms with E-state index in [-0.39, 0.29) is 17.9 Å². The quantitative estimate of drug-likeness (QED) is 0.197. The van der Waals surface area contributed by atoms with Crippen LogP contribution in [0.5, 0.6) is 0 Å². The summed E-state index contributed by atoms with van der Waals surface area (Å²) in [5.74, 6) is -1.53. The number of hydrogen-bond donors (Lipinski definition) is 3. The number of alkyl halides is 3. The second-order valence-corrected chi connectivity index (χ2v) is 9.57. The van der Waals surface area contributed by atoms with Crippen LogP contribution in [0.4, 0.5) is 28.9 Å². The first-order chi connectivity index (χ1) is 18.1. The van der Waals surface area contributed by atoms with Gasteiger partial charge in [0.15, 0.2) is 0 Å². The summed E-state index contributed by atoms with van der Waals surface area (Å²) in [6.07, 6.45) is -3.50. The van der Waals surface area contributed by atoms with E-state index >= 15 is 4.39 Å². The summed E-state index contributed by atoms with van der Waals surface area (Å²) in [4.78, 5) is 14.1. The van der Waals surface area contributed by atoms with Crippen LogP contribution in [0.15, 0.2) is 76.7 Å². The molecular formula is C26H25BF4N4O2S. The molecule has 0 saturated carbocycles. The Hall–Kier alpha value is -3.35. The number of rotatable bonds is 8. The van der Waals surface area contributed by atoms with E-state index in [1.807, 2.05) is 30.5 Å². The highest BCUT2D eigenvalue weighted by molar-refractivity contribution is 7.98. The number of thioether (sulfide) groups is 1. The summed E-state index contributed by atoms with van der Waals surface area (Å²) in [5, 5.41) is 19.4. The molecule has 4 rings (SSSR count). The summed E-state index contributed by atoms with van der Waals surface area (Å²) in [7, 11) is -0.783. The Labute approximate surface area is 222 Å². The highest BCUT2D eigenvalue weighted by Crippen LogP contribution is 2.34. The van der Waals surface area contributed by atoms with Gasteiger partial charge in [0.1, 0.15) is 17.6 Å². The molecule has 1 heterocycles. The van der Waals surface area contributed by atoms with Crippen LogP contribution >= 0.6 is 11.8 Å². The van der Waals surface area contributed by atoms with Crippen molar-refractivity contribution in [3.8, 4) is 11.1 Å².